The minimum absolute atomic E-state index is 0.855. The topological polar surface area (TPSA) is 25.4 Å². The van der Waals surface area contributed by atoms with Crippen molar-refractivity contribution in [3.05, 3.63) is 60.8 Å². The first kappa shape index (κ1) is 12.5. The van der Waals surface area contributed by atoms with Crippen LogP contribution < -0.4 is 9.64 Å². The van der Waals surface area contributed by atoms with Crippen molar-refractivity contribution in [2.45, 2.75) is 0 Å². The van der Waals surface area contributed by atoms with Gasteiger partial charge in [0.2, 0.25) is 0 Å². The van der Waals surface area contributed by atoms with E-state index in [1.807, 2.05) is 55.7 Å². The molecule has 3 nitrogen and oxygen atoms in total. The molecular formula is C17H16N2O. The van der Waals surface area contributed by atoms with E-state index in [9.17, 15) is 0 Å². The lowest BCUT2D eigenvalue weighted by molar-refractivity contribution is 0.415. The van der Waals surface area contributed by atoms with Gasteiger partial charge in [0, 0.05) is 24.3 Å². The third kappa shape index (κ3) is 2.18. The average molecular weight is 264 g/mol. The lowest BCUT2D eigenvalue weighted by Gasteiger charge is -2.20. The van der Waals surface area contributed by atoms with Gasteiger partial charge in [-0.2, -0.15) is 0 Å². The molecular weight excluding hydrogens is 248 g/mol. The summed E-state index contributed by atoms with van der Waals surface area (Å²) < 4.78 is 5.19. The van der Waals surface area contributed by atoms with E-state index in [2.05, 4.69) is 22.0 Å². The molecule has 100 valence electrons. The molecule has 0 aliphatic carbocycles. The maximum absolute atomic E-state index is 5.19. The van der Waals surface area contributed by atoms with Crippen LogP contribution in [0.15, 0.2) is 60.8 Å². The summed E-state index contributed by atoms with van der Waals surface area (Å²) >= 11 is 0. The van der Waals surface area contributed by atoms with E-state index in [4.69, 9.17) is 4.74 Å². The number of anilines is 2. The predicted octanol–water partition coefficient (Wildman–Crippen LogP) is 4.01. The Morgan fingerprint density at radius 3 is 2.45 bits per heavy atom. The van der Waals surface area contributed by atoms with Gasteiger partial charge < -0.3 is 9.64 Å². The summed E-state index contributed by atoms with van der Waals surface area (Å²) in [6.45, 7) is 0. The number of nitrogens with zero attached hydrogens (tertiary/aromatic N) is 2. The molecule has 0 saturated carbocycles. The number of methoxy groups -OCH3 is 1. The number of hydrogen-bond donors (Lipinski definition) is 0. The van der Waals surface area contributed by atoms with E-state index in [1.165, 1.54) is 5.39 Å². The highest BCUT2D eigenvalue weighted by molar-refractivity contribution is 5.93. The maximum Gasteiger partial charge on any atom is 0.140 e. The van der Waals surface area contributed by atoms with Crippen LogP contribution in [0.2, 0.25) is 0 Å². The molecule has 1 heterocycles. The van der Waals surface area contributed by atoms with Crippen molar-refractivity contribution in [1.82, 2.24) is 4.98 Å². The summed E-state index contributed by atoms with van der Waals surface area (Å²) in [4.78, 5) is 6.61. The summed E-state index contributed by atoms with van der Waals surface area (Å²) in [7, 11) is 3.70. The molecule has 0 spiro atoms. The lowest BCUT2D eigenvalue weighted by Crippen LogP contribution is -2.11. The Morgan fingerprint density at radius 2 is 1.70 bits per heavy atom. The van der Waals surface area contributed by atoms with Gasteiger partial charge in [-0.25, -0.2) is 4.98 Å². The van der Waals surface area contributed by atoms with Gasteiger partial charge in [0.15, 0.2) is 0 Å². The molecule has 0 saturated heterocycles. The van der Waals surface area contributed by atoms with Crippen molar-refractivity contribution in [2.24, 2.45) is 0 Å². The van der Waals surface area contributed by atoms with Crippen molar-refractivity contribution < 1.29 is 4.74 Å². The van der Waals surface area contributed by atoms with Gasteiger partial charge in [-0.05, 0) is 35.7 Å². The third-order valence-corrected chi connectivity index (χ3v) is 3.43. The molecule has 0 fully saturated rings. The van der Waals surface area contributed by atoms with Gasteiger partial charge in [-0.1, -0.05) is 24.3 Å². The summed E-state index contributed by atoms with van der Waals surface area (Å²) in [6.07, 6.45) is 1.84. The number of ether oxygens (including phenoxy) is 1. The fourth-order valence-electron chi connectivity index (χ4n) is 2.30. The summed E-state index contributed by atoms with van der Waals surface area (Å²) in [6, 6.07) is 18.3. The molecule has 0 N–H and O–H groups in total. The monoisotopic (exact) mass is 264 g/mol. The van der Waals surface area contributed by atoms with Crippen LogP contribution in [0.3, 0.4) is 0 Å². The predicted molar refractivity (Wildman–Crippen MR) is 82.8 cm³/mol. The zero-order valence-electron chi connectivity index (χ0n) is 11.6. The van der Waals surface area contributed by atoms with E-state index in [1.54, 1.807) is 7.11 Å². The first-order valence-electron chi connectivity index (χ1n) is 6.51. The smallest absolute Gasteiger partial charge is 0.140 e. The van der Waals surface area contributed by atoms with Crippen LogP contribution in [0.1, 0.15) is 0 Å². The second kappa shape index (κ2) is 5.21. The number of hydrogen-bond acceptors (Lipinski definition) is 3. The molecule has 0 bridgehead atoms. The van der Waals surface area contributed by atoms with Gasteiger partial charge in [0.05, 0.1) is 7.11 Å². The Balaban J connectivity index is 2.05. The van der Waals surface area contributed by atoms with Crippen LogP contribution in [0, 0.1) is 0 Å². The van der Waals surface area contributed by atoms with Crippen molar-refractivity contribution >= 4 is 22.3 Å². The van der Waals surface area contributed by atoms with Crippen molar-refractivity contribution in [2.75, 3.05) is 19.1 Å². The molecule has 2 aromatic carbocycles. The molecule has 0 aliphatic rings. The molecule has 3 heteroatoms. The summed E-state index contributed by atoms with van der Waals surface area (Å²) in [5.41, 5.74) is 1.08. The molecule has 0 radical (unpaired) electrons. The fourth-order valence-corrected chi connectivity index (χ4v) is 2.30. The van der Waals surface area contributed by atoms with Crippen LogP contribution in [0.25, 0.3) is 10.8 Å². The fraction of sp³-hybridized carbons (Fsp3) is 0.118. The van der Waals surface area contributed by atoms with Gasteiger partial charge in [0.1, 0.15) is 11.6 Å². The van der Waals surface area contributed by atoms with Crippen LogP contribution in [0.5, 0.6) is 5.75 Å². The Labute approximate surface area is 118 Å². The highest BCUT2D eigenvalue weighted by Gasteiger charge is 2.09. The van der Waals surface area contributed by atoms with E-state index in [0.717, 1.165) is 22.6 Å². The zero-order valence-corrected chi connectivity index (χ0v) is 11.6. The lowest BCUT2D eigenvalue weighted by atomic mass is 10.1. The second-order valence-corrected chi connectivity index (χ2v) is 4.61. The van der Waals surface area contributed by atoms with Crippen molar-refractivity contribution in [3.8, 4) is 5.75 Å². The van der Waals surface area contributed by atoms with Gasteiger partial charge in [-0.3, -0.25) is 0 Å². The second-order valence-electron chi connectivity index (χ2n) is 4.61. The third-order valence-electron chi connectivity index (χ3n) is 3.43. The number of rotatable bonds is 3. The Kier molecular flexibility index (Phi) is 3.25. The number of fused-ring (bicyclic) bond motifs is 1. The van der Waals surface area contributed by atoms with Crippen LogP contribution in [-0.2, 0) is 0 Å². The number of benzene rings is 2. The molecule has 0 aliphatic heterocycles. The first-order valence-corrected chi connectivity index (χ1v) is 6.51. The summed E-state index contributed by atoms with van der Waals surface area (Å²) in [5.74, 6) is 1.81. The van der Waals surface area contributed by atoms with Crippen molar-refractivity contribution in [3.63, 3.8) is 0 Å². The molecule has 0 atom stereocenters. The molecule has 0 unspecified atom stereocenters. The quantitative estimate of drug-likeness (QED) is 0.714. The Bertz CT molecular complexity index is 717. The maximum atomic E-state index is 5.19. The normalized spacial score (nSPS) is 10.5. The van der Waals surface area contributed by atoms with Crippen LogP contribution in [-0.4, -0.2) is 19.1 Å². The van der Waals surface area contributed by atoms with Crippen LogP contribution in [0.4, 0.5) is 11.5 Å². The largest absolute Gasteiger partial charge is 0.497 e. The zero-order chi connectivity index (χ0) is 13.9. The SMILES string of the molecule is COc1ccc(N(C)c2nccc3ccccc23)cc1. The van der Waals surface area contributed by atoms with Gasteiger partial charge in [-0.15, -0.1) is 0 Å². The highest BCUT2D eigenvalue weighted by Crippen LogP contribution is 2.29. The highest BCUT2D eigenvalue weighted by atomic mass is 16.5. The standard InChI is InChI=1S/C17H16N2O/c1-19(14-7-9-15(20-2)10-8-14)17-16-6-4-3-5-13(16)11-12-18-17/h3-12H,1-2H3. The molecule has 1 aromatic heterocycles. The van der Waals surface area contributed by atoms with Gasteiger partial charge in [0.25, 0.3) is 0 Å². The molecule has 3 rings (SSSR count). The average Bonchev–Trinajstić information content (AvgIpc) is 2.54. The number of aromatic nitrogens is 1. The van der Waals surface area contributed by atoms with E-state index in [-0.39, 0.29) is 0 Å². The van der Waals surface area contributed by atoms with Crippen molar-refractivity contribution in [1.29, 1.82) is 0 Å². The van der Waals surface area contributed by atoms with E-state index >= 15 is 0 Å². The van der Waals surface area contributed by atoms with E-state index in [0.29, 0.717) is 0 Å². The van der Waals surface area contributed by atoms with Crippen LogP contribution >= 0.6 is 0 Å². The van der Waals surface area contributed by atoms with Gasteiger partial charge >= 0.3 is 0 Å². The molecule has 3 aromatic rings. The minimum atomic E-state index is 0.855. The molecule has 20 heavy (non-hydrogen) atoms. The molecule has 0 amide bonds. The van der Waals surface area contributed by atoms with E-state index < -0.39 is 0 Å². The summed E-state index contributed by atoms with van der Waals surface area (Å²) in [5, 5.41) is 2.34. The minimum Gasteiger partial charge on any atom is -0.497 e. The Hall–Kier alpha value is -2.55. The Morgan fingerprint density at radius 1 is 0.950 bits per heavy atom. The number of pyridine rings is 1. The first-order chi connectivity index (χ1) is 9.79.